The molecule has 0 fully saturated rings. The van der Waals surface area contributed by atoms with Crippen molar-refractivity contribution in [2.45, 2.75) is 50.2 Å². The maximum Gasteiger partial charge on any atom is 0.326 e. The van der Waals surface area contributed by atoms with Gasteiger partial charge in [0.25, 0.3) is 0 Å². The van der Waals surface area contributed by atoms with Crippen molar-refractivity contribution >= 4 is 41.4 Å². The zero-order valence-electron chi connectivity index (χ0n) is 17.0. The van der Waals surface area contributed by atoms with Crippen molar-refractivity contribution in [1.82, 2.24) is 16.0 Å². The average Bonchev–Trinajstić information content (AvgIpc) is 2.68. The molecule has 172 valence electrons. The first-order valence-corrected chi connectivity index (χ1v) is 10.9. The molecule has 0 aromatic rings. The normalized spacial score (nSPS) is 13.6. The molecule has 0 saturated carbocycles. The number of carboxylic acid groups (broad SMARTS) is 1. The van der Waals surface area contributed by atoms with E-state index in [4.69, 9.17) is 17.2 Å². The van der Waals surface area contributed by atoms with Crippen molar-refractivity contribution < 1.29 is 29.1 Å². The van der Waals surface area contributed by atoms with Gasteiger partial charge in [-0.1, -0.05) is 0 Å². The van der Waals surface area contributed by atoms with Gasteiger partial charge in [0.15, 0.2) is 0 Å². The predicted molar refractivity (Wildman–Crippen MR) is 112 cm³/mol. The van der Waals surface area contributed by atoms with E-state index in [0.717, 1.165) is 0 Å². The molecule has 3 unspecified atom stereocenters. The number of amides is 4. The number of carbonyl (C=O) groups excluding carboxylic acids is 4. The molecule has 0 spiro atoms. The van der Waals surface area contributed by atoms with E-state index in [1.807, 2.05) is 6.26 Å². The van der Waals surface area contributed by atoms with Gasteiger partial charge >= 0.3 is 5.97 Å². The van der Waals surface area contributed by atoms with Crippen LogP contribution in [0.25, 0.3) is 0 Å². The number of primary amides is 1. The minimum Gasteiger partial charge on any atom is -0.480 e. The number of nitrogens with one attached hydrogen (secondary N) is 3. The first kappa shape index (κ1) is 27.6. The van der Waals surface area contributed by atoms with Crippen LogP contribution in [-0.4, -0.2) is 77.9 Å². The van der Waals surface area contributed by atoms with Gasteiger partial charge in [-0.05, 0) is 44.2 Å². The lowest BCUT2D eigenvalue weighted by Gasteiger charge is -2.24. The third kappa shape index (κ3) is 11.6. The summed E-state index contributed by atoms with van der Waals surface area (Å²) in [4.78, 5) is 59.4. The summed E-state index contributed by atoms with van der Waals surface area (Å²) in [7, 11) is 0. The molecule has 0 aromatic carbocycles. The van der Waals surface area contributed by atoms with Gasteiger partial charge in [-0.3, -0.25) is 19.2 Å². The van der Waals surface area contributed by atoms with Gasteiger partial charge in [0.05, 0.1) is 13.0 Å². The molecule has 0 saturated heterocycles. The molecule has 0 aliphatic carbocycles. The lowest BCUT2D eigenvalue weighted by molar-refractivity contribution is -0.142. The van der Waals surface area contributed by atoms with Crippen molar-refractivity contribution in [3.8, 4) is 0 Å². The molecule has 0 rings (SSSR count). The van der Waals surface area contributed by atoms with Crippen LogP contribution in [0.1, 0.15) is 32.1 Å². The average molecular weight is 449 g/mol. The van der Waals surface area contributed by atoms with Crippen LogP contribution < -0.4 is 33.2 Å². The van der Waals surface area contributed by atoms with Crippen LogP contribution in [-0.2, 0) is 24.0 Å². The van der Waals surface area contributed by atoms with E-state index >= 15 is 0 Å². The molecule has 0 bridgehead atoms. The summed E-state index contributed by atoms with van der Waals surface area (Å²) in [5, 5.41) is 16.4. The summed E-state index contributed by atoms with van der Waals surface area (Å²) in [5.41, 5.74) is 15.8. The van der Waals surface area contributed by atoms with Gasteiger partial charge in [0.2, 0.25) is 23.6 Å². The second-order valence-electron chi connectivity index (χ2n) is 6.52. The van der Waals surface area contributed by atoms with Crippen LogP contribution in [0.15, 0.2) is 0 Å². The lowest BCUT2D eigenvalue weighted by atomic mass is 10.1. The van der Waals surface area contributed by atoms with Crippen molar-refractivity contribution in [2.24, 2.45) is 17.2 Å². The Morgan fingerprint density at radius 1 is 0.900 bits per heavy atom. The minimum atomic E-state index is -1.31. The van der Waals surface area contributed by atoms with E-state index in [2.05, 4.69) is 16.0 Å². The fourth-order valence-electron chi connectivity index (χ4n) is 2.46. The number of thioether (sulfide) groups is 1. The standard InChI is InChI=1S/C17H32N6O6S/c1-30-7-5-11(17(28)29)23-15(26)10(4-2-3-6-18)22-16(27)12(8-13(20)24)21-14(25)9-19/h10-12H,2-9,18-19H2,1H3,(H2,20,24)(H,21,25)(H,22,27)(H,23,26)(H,28,29). The maximum atomic E-state index is 12.6. The maximum absolute atomic E-state index is 12.6. The molecular formula is C17H32N6O6S. The van der Waals surface area contributed by atoms with Crippen molar-refractivity contribution in [1.29, 1.82) is 0 Å². The lowest BCUT2D eigenvalue weighted by Crippen LogP contribution is -2.56. The quantitative estimate of drug-likeness (QED) is 0.121. The topological polar surface area (TPSA) is 220 Å². The summed E-state index contributed by atoms with van der Waals surface area (Å²) < 4.78 is 0. The summed E-state index contributed by atoms with van der Waals surface area (Å²) in [6.45, 7) is -0.0245. The summed E-state index contributed by atoms with van der Waals surface area (Å²) in [6.07, 6.45) is 2.81. The molecule has 0 aliphatic rings. The highest BCUT2D eigenvalue weighted by molar-refractivity contribution is 7.98. The number of carbonyl (C=O) groups is 5. The summed E-state index contributed by atoms with van der Waals surface area (Å²) in [6, 6.07) is -3.50. The first-order valence-electron chi connectivity index (χ1n) is 9.46. The molecule has 30 heavy (non-hydrogen) atoms. The Hall–Kier alpha value is -2.38. The molecular weight excluding hydrogens is 416 g/mol. The smallest absolute Gasteiger partial charge is 0.326 e. The minimum absolute atomic E-state index is 0.192. The van der Waals surface area contributed by atoms with Crippen LogP contribution >= 0.6 is 11.8 Å². The van der Waals surface area contributed by atoms with E-state index in [9.17, 15) is 29.1 Å². The molecule has 0 aliphatic heterocycles. The zero-order valence-corrected chi connectivity index (χ0v) is 17.8. The number of aliphatic carboxylic acids is 1. The third-order valence-corrected chi connectivity index (χ3v) is 4.69. The highest BCUT2D eigenvalue weighted by atomic mass is 32.2. The Kier molecular flexibility index (Phi) is 14.2. The third-order valence-electron chi connectivity index (χ3n) is 4.05. The van der Waals surface area contributed by atoms with Gasteiger partial charge in [-0.15, -0.1) is 0 Å². The first-order chi connectivity index (χ1) is 14.2. The van der Waals surface area contributed by atoms with Crippen LogP contribution in [0, 0.1) is 0 Å². The van der Waals surface area contributed by atoms with Crippen molar-refractivity contribution in [3.63, 3.8) is 0 Å². The predicted octanol–water partition coefficient (Wildman–Crippen LogP) is -2.76. The molecule has 12 nitrogen and oxygen atoms in total. The largest absolute Gasteiger partial charge is 0.480 e. The van der Waals surface area contributed by atoms with Crippen LogP contribution in [0.4, 0.5) is 0 Å². The monoisotopic (exact) mass is 448 g/mol. The van der Waals surface area contributed by atoms with Gasteiger partial charge in [-0.2, -0.15) is 11.8 Å². The van der Waals surface area contributed by atoms with Crippen LogP contribution in [0.3, 0.4) is 0 Å². The van der Waals surface area contributed by atoms with E-state index in [1.165, 1.54) is 11.8 Å². The Labute approximate surface area is 179 Å². The molecule has 13 heteroatoms. The van der Waals surface area contributed by atoms with E-state index in [1.54, 1.807) is 0 Å². The van der Waals surface area contributed by atoms with Gasteiger partial charge < -0.3 is 38.3 Å². The number of carboxylic acids is 1. The summed E-state index contributed by atoms with van der Waals surface area (Å²) >= 11 is 1.44. The highest BCUT2D eigenvalue weighted by Gasteiger charge is 2.29. The molecule has 3 atom stereocenters. The van der Waals surface area contributed by atoms with Gasteiger partial charge in [0.1, 0.15) is 18.1 Å². The molecule has 0 aromatic heterocycles. The van der Waals surface area contributed by atoms with Crippen molar-refractivity contribution in [3.05, 3.63) is 0 Å². The van der Waals surface area contributed by atoms with Crippen molar-refractivity contribution in [2.75, 3.05) is 25.1 Å². The highest BCUT2D eigenvalue weighted by Crippen LogP contribution is 2.06. The molecule has 0 radical (unpaired) electrons. The molecule has 10 N–H and O–H groups in total. The fraction of sp³-hybridized carbons (Fsp3) is 0.706. The number of unbranched alkanes of at least 4 members (excludes halogenated alkanes) is 1. The van der Waals surface area contributed by atoms with E-state index in [-0.39, 0.29) is 12.8 Å². The Bertz CT molecular complexity index is 605. The fourth-order valence-corrected chi connectivity index (χ4v) is 2.93. The second kappa shape index (κ2) is 15.5. The van der Waals surface area contributed by atoms with Crippen LogP contribution in [0.2, 0.25) is 0 Å². The number of rotatable bonds is 16. The number of hydrogen-bond donors (Lipinski definition) is 7. The SMILES string of the molecule is CSCCC(NC(=O)C(CCCCN)NC(=O)C(CC(N)=O)NC(=O)CN)C(=O)O. The number of nitrogens with two attached hydrogens (primary N) is 3. The Morgan fingerprint density at radius 2 is 1.50 bits per heavy atom. The Balaban J connectivity index is 5.32. The second-order valence-corrected chi connectivity index (χ2v) is 7.51. The molecule has 4 amide bonds. The number of hydrogen-bond acceptors (Lipinski definition) is 8. The van der Waals surface area contributed by atoms with Gasteiger partial charge in [-0.25, -0.2) is 4.79 Å². The molecule has 0 heterocycles. The van der Waals surface area contributed by atoms with Gasteiger partial charge in [0, 0.05) is 0 Å². The van der Waals surface area contributed by atoms with Crippen LogP contribution in [0.5, 0.6) is 0 Å². The van der Waals surface area contributed by atoms with E-state index < -0.39 is 60.7 Å². The summed E-state index contributed by atoms with van der Waals surface area (Å²) in [5.74, 6) is -3.67. The van der Waals surface area contributed by atoms with E-state index in [0.29, 0.717) is 25.1 Å². The zero-order chi connectivity index (χ0) is 23.1. The Morgan fingerprint density at radius 3 is 2.00 bits per heavy atom.